The van der Waals surface area contributed by atoms with Crippen LogP contribution in [0, 0.1) is 0 Å². The van der Waals surface area contributed by atoms with Crippen molar-refractivity contribution < 1.29 is 31.1 Å². The average molecular weight is 511 g/mol. The zero-order chi connectivity index (χ0) is 24.2. The first-order valence-electron chi connectivity index (χ1n) is 8.59. The van der Waals surface area contributed by atoms with Gasteiger partial charge in [0.1, 0.15) is 22.5 Å². The smallest absolute Gasteiger partial charge is 0.406 e. The van der Waals surface area contributed by atoms with Gasteiger partial charge in [-0.25, -0.2) is 9.97 Å². The van der Waals surface area contributed by atoms with Gasteiger partial charge in [0.25, 0.3) is 0 Å². The molecule has 2 aromatic heterocycles. The highest BCUT2D eigenvalue weighted by Gasteiger charge is 2.32. The molecule has 0 saturated heterocycles. The second kappa shape index (κ2) is 9.67. The summed E-state index contributed by atoms with van der Waals surface area (Å²) in [6, 6.07) is 7.55. The lowest BCUT2D eigenvalue weighted by Crippen LogP contribution is -2.17. The van der Waals surface area contributed by atoms with Crippen LogP contribution in [0.4, 0.5) is 43.8 Å². The first-order valence-corrected chi connectivity index (χ1v) is 9.34. The van der Waals surface area contributed by atoms with Crippen LogP contribution >= 0.6 is 23.2 Å². The zero-order valence-corrected chi connectivity index (χ0v) is 17.4. The number of benzene rings is 1. The van der Waals surface area contributed by atoms with Crippen LogP contribution in [0.5, 0.6) is 5.75 Å². The summed E-state index contributed by atoms with van der Waals surface area (Å²) in [6.07, 6.45) is -8.16. The number of aromatic nitrogens is 3. The first-order chi connectivity index (χ1) is 15.4. The van der Waals surface area contributed by atoms with E-state index in [0.717, 1.165) is 18.2 Å². The van der Waals surface area contributed by atoms with Crippen molar-refractivity contribution in [1.29, 1.82) is 0 Å². The molecule has 33 heavy (non-hydrogen) atoms. The molecule has 0 radical (unpaired) electrons. The summed E-state index contributed by atoms with van der Waals surface area (Å²) in [5.74, 6) is -0.581. The van der Waals surface area contributed by atoms with Crippen molar-refractivity contribution in [2.75, 3.05) is 10.7 Å². The van der Waals surface area contributed by atoms with Crippen molar-refractivity contribution in [1.82, 2.24) is 15.0 Å². The number of rotatable bonds is 6. The molecule has 1 aromatic carbocycles. The van der Waals surface area contributed by atoms with E-state index in [4.69, 9.17) is 23.2 Å². The molecule has 0 unspecified atom stereocenters. The Morgan fingerprint density at radius 3 is 2.12 bits per heavy atom. The van der Waals surface area contributed by atoms with E-state index < -0.39 is 23.9 Å². The van der Waals surface area contributed by atoms with E-state index in [2.05, 4.69) is 35.5 Å². The van der Waals surface area contributed by atoms with Gasteiger partial charge in [-0.2, -0.15) is 23.3 Å². The molecule has 2 N–H and O–H groups in total. The molecule has 174 valence electrons. The Morgan fingerprint density at radius 1 is 0.848 bits per heavy atom. The van der Waals surface area contributed by atoms with Crippen LogP contribution in [0.15, 0.2) is 47.6 Å². The van der Waals surface area contributed by atoms with Crippen LogP contribution in [-0.2, 0) is 6.18 Å². The van der Waals surface area contributed by atoms with Gasteiger partial charge in [0.15, 0.2) is 5.82 Å². The van der Waals surface area contributed by atoms with Gasteiger partial charge in [-0.15, -0.1) is 13.2 Å². The van der Waals surface area contributed by atoms with Gasteiger partial charge in [-0.3, -0.25) is 5.43 Å². The lowest BCUT2D eigenvalue weighted by molar-refractivity contribution is -0.274. The van der Waals surface area contributed by atoms with E-state index in [1.54, 1.807) is 0 Å². The van der Waals surface area contributed by atoms with Crippen LogP contribution in [0.2, 0.25) is 10.4 Å². The van der Waals surface area contributed by atoms with E-state index in [9.17, 15) is 26.3 Å². The molecule has 0 aliphatic carbocycles. The first kappa shape index (κ1) is 24.3. The van der Waals surface area contributed by atoms with Crippen LogP contribution in [0.25, 0.3) is 0 Å². The predicted octanol–water partition coefficient (Wildman–Crippen LogP) is 6.29. The third-order valence-electron chi connectivity index (χ3n) is 3.58. The molecule has 0 bridgehead atoms. The maximum atomic E-state index is 12.9. The summed E-state index contributed by atoms with van der Waals surface area (Å²) >= 11 is 11.5. The van der Waals surface area contributed by atoms with Crippen molar-refractivity contribution in [2.45, 2.75) is 12.5 Å². The molecular weight excluding hydrogens is 501 g/mol. The number of hydrogen-bond donors (Lipinski definition) is 2. The molecule has 3 rings (SSSR count). The van der Waals surface area contributed by atoms with Gasteiger partial charge in [0.05, 0.1) is 11.8 Å². The Hall–Kier alpha value is -3.32. The van der Waals surface area contributed by atoms with Crippen LogP contribution in [0.3, 0.4) is 0 Å². The van der Waals surface area contributed by atoms with Gasteiger partial charge in [0.2, 0.25) is 5.28 Å². The van der Waals surface area contributed by atoms with E-state index in [1.807, 2.05) is 0 Å². The number of ether oxygens (including phenoxy) is 1. The lowest BCUT2D eigenvalue weighted by atomic mass is 10.2. The Bertz CT molecular complexity index is 1150. The fraction of sp³-hybridized carbons (Fsp3) is 0.111. The number of hydrogen-bond acceptors (Lipinski definition) is 7. The Labute approximate surface area is 191 Å². The number of hydrazone groups is 1. The Kier molecular flexibility index (Phi) is 7.12. The van der Waals surface area contributed by atoms with Crippen molar-refractivity contribution in [3.8, 4) is 5.75 Å². The number of pyridine rings is 1. The minimum atomic E-state index is -4.80. The molecule has 7 nitrogen and oxygen atoms in total. The van der Waals surface area contributed by atoms with Crippen molar-refractivity contribution in [3.63, 3.8) is 0 Å². The molecule has 0 spiro atoms. The molecular formula is C18H10Cl2F6N6O. The maximum Gasteiger partial charge on any atom is 0.573 e. The summed E-state index contributed by atoms with van der Waals surface area (Å²) in [5, 5.41) is 5.76. The third-order valence-corrected chi connectivity index (χ3v) is 3.95. The van der Waals surface area contributed by atoms with E-state index >= 15 is 0 Å². The summed E-state index contributed by atoms with van der Waals surface area (Å²) < 4.78 is 79.1. The molecule has 0 atom stereocenters. The quantitative estimate of drug-likeness (QED) is 0.133. The predicted molar refractivity (Wildman–Crippen MR) is 109 cm³/mol. The van der Waals surface area contributed by atoms with Crippen molar-refractivity contribution >= 4 is 46.9 Å². The second-order valence-corrected chi connectivity index (χ2v) is 6.81. The molecule has 2 heterocycles. The Balaban J connectivity index is 1.70. The molecule has 0 fully saturated rings. The van der Waals surface area contributed by atoms with Gasteiger partial charge in [-0.1, -0.05) is 11.6 Å². The molecule has 15 heteroatoms. The fourth-order valence-electron chi connectivity index (χ4n) is 2.32. The SMILES string of the molecule is FC(F)(F)Oc1ccc(/C=N/Nc2cc(Nc3cc(C(F)(F)F)cc(Cl)n3)nc(Cl)n2)cc1. The fourth-order valence-corrected chi connectivity index (χ4v) is 2.71. The average Bonchev–Trinajstić information content (AvgIpc) is 2.66. The van der Waals surface area contributed by atoms with Gasteiger partial charge in [0, 0.05) is 6.07 Å². The molecule has 0 aliphatic rings. The molecule has 0 amide bonds. The Morgan fingerprint density at radius 2 is 1.48 bits per heavy atom. The van der Waals surface area contributed by atoms with Crippen LogP contribution in [-0.4, -0.2) is 27.5 Å². The zero-order valence-electron chi connectivity index (χ0n) is 15.8. The molecule has 0 aliphatic heterocycles. The van der Waals surface area contributed by atoms with Crippen molar-refractivity contribution in [2.24, 2.45) is 5.10 Å². The highest BCUT2D eigenvalue weighted by molar-refractivity contribution is 6.29. The standard InChI is InChI=1S/C18H10Cl2F6N6O/c19-12-5-10(17(21,22)23)6-13(28-12)29-14-7-15(31-16(20)30-14)32-27-8-9-1-3-11(4-2-9)33-18(24,25)26/h1-8H,(H2,28,29,30,31,32)/b27-8+. The largest absolute Gasteiger partial charge is 0.573 e. The molecule has 0 saturated carbocycles. The monoisotopic (exact) mass is 510 g/mol. The number of nitrogens with zero attached hydrogens (tertiary/aromatic N) is 4. The molecule has 3 aromatic rings. The van der Waals surface area contributed by atoms with Crippen molar-refractivity contribution in [3.05, 3.63) is 64.0 Å². The topological polar surface area (TPSA) is 84.3 Å². The summed E-state index contributed by atoms with van der Waals surface area (Å²) in [4.78, 5) is 11.4. The number of nitrogens with one attached hydrogen (secondary N) is 2. The number of halogens is 8. The second-order valence-electron chi connectivity index (χ2n) is 6.08. The number of anilines is 3. The van der Waals surface area contributed by atoms with E-state index in [-0.39, 0.29) is 27.9 Å². The summed E-state index contributed by atoms with van der Waals surface area (Å²) in [6.45, 7) is 0. The number of alkyl halides is 6. The van der Waals surface area contributed by atoms with Gasteiger partial charge < -0.3 is 10.1 Å². The highest BCUT2D eigenvalue weighted by Crippen LogP contribution is 2.32. The van der Waals surface area contributed by atoms with Gasteiger partial charge in [-0.05, 0) is 53.6 Å². The minimum absolute atomic E-state index is 0.00996. The maximum absolute atomic E-state index is 12.9. The van der Waals surface area contributed by atoms with Crippen LogP contribution in [0.1, 0.15) is 11.1 Å². The lowest BCUT2D eigenvalue weighted by Gasteiger charge is -2.11. The van der Waals surface area contributed by atoms with Crippen LogP contribution < -0.4 is 15.5 Å². The summed E-state index contributed by atoms with van der Waals surface area (Å²) in [7, 11) is 0. The third kappa shape index (κ3) is 7.64. The highest BCUT2D eigenvalue weighted by atomic mass is 35.5. The summed E-state index contributed by atoms with van der Waals surface area (Å²) in [5.41, 5.74) is 1.93. The van der Waals surface area contributed by atoms with E-state index in [0.29, 0.717) is 11.6 Å². The minimum Gasteiger partial charge on any atom is -0.406 e. The normalized spacial score (nSPS) is 12.1. The van der Waals surface area contributed by atoms with Gasteiger partial charge >= 0.3 is 12.5 Å². The van der Waals surface area contributed by atoms with E-state index in [1.165, 1.54) is 24.4 Å².